The van der Waals surface area contributed by atoms with E-state index in [2.05, 4.69) is 45.3 Å². The van der Waals surface area contributed by atoms with Gasteiger partial charge < -0.3 is 10.2 Å². The topological polar surface area (TPSA) is 45.2 Å². The highest BCUT2D eigenvalue weighted by Crippen LogP contribution is 2.27. The summed E-state index contributed by atoms with van der Waals surface area (Å²) in [7, 11) is 0. The van der Waals surface area contributed by atoms with Gasteiger partial charge in [-0.05, 0) is 32.6 Å². The summed E-state index contributed by atoms with van der Waals surface area (Å²) in [6.45, 7) is 13.7. The summed E-state index contributed by atoms with van der Waals surface area (Å²) in [5, 5.41) is 6.20. The van der Waals surface area contributed by atoms with Crippen LogP contribution in [-0.2, 0) is 5.41 Å². The van der Waals surface area contributed by atoms with E-state index in [0.717, 1.165) is 23.7 Å². The molecular weight excluding hydrogens is 294 g/mol. The lowest BCUT2D eigenvalue weighted by atomic mass is 9.93. The van der Waals surface area contributed by atoms with Crippen molar-refractivity contribution >= 4 is 17.4 Å². The number of aromatic nitrogens is 1. The monoisotopic (exact) mass is 323 g/mol. The van der Waals surface area contributed by atoms with E-state index in [4.69, 9.17) is 4.98 Å². The third-order valence-corrected chi connectivity index (χ3v) is 5.41. The van der Waals surface area contributed by atoms with Gasteiger partial charge in [0.1, 0.15) is 5.01 Å². The number of carbonyl (C=O) groups excluding carboxylic acids is 1. The van der Waals surface area contributed by atoms with Crippen molar-refractivity contribution in [1.29, 1.82) is 0 Å². The lowest BCUT2D eigenvalue weighted by molar-refractivity contribution is 0.134. The van der Waals surface area contributed by atoms with Gasteiger partial charge in [-0.2, -0.15) is 0 Å². The number of nitrogens with zero attached hydrogens (tertiary/aromatic N) is 2. The van der Waals surface area contributed by atoms with Crippen LogP contribution in [0.15, 0.2) is 5.38 Å². The normalized spacial score (nSPS) is 24.2. The Kier molecular flexibility index (Phi) is 5.15. The molecule has 0 unspecified atom stereocenters. The Morgan fingerprint density at radius 1 is 1.41 bits per heavy atom. The number of likely N-dealkylation sites (tertiary alicyclic amines) is 1. The zero-order chi connectivity index (χ0) is 16.5. The molecule has 1 fully saturated rings. The first-order valence-corrected chi connectivity index (χ1v) is 9.09. The van der Waals surface area contributed by atoms with E-state index in [1.165, 1.54) is 6.42 Å². The summed E-state index contributed by atoms with van der Waals surface area (Å²) in [5.41, 5.74) is 1.14. The fourth-order valence-corrected chi connectivity index (χ4v) is 3.79. The standard InChI is InChI=1S/C17H29N3OS/c1-11-7-8-12(2)20(9-11)16(21)18-13(3)15-19-14(10-22-15)17(4,5)6/h10-13H,7-9H2,1-6H3,(H,18,21)/t11-,12-,13+/m1/s1. The van der Waals surface area contributed by atoms with Crippen LogP contribution >= 0.6 is 11.3 Å². The van der Waals surface area contributed by atoms with Crippen LogP contribution in [0, 0.1) is 5.92 Å². The van der Waals surface area contributed by atoms with E-state index in [9.17, 15) is 4.79 Å². The highest BCUT2D eigenvalue weighted by molar-refractivity contribution is 7.09. The SMILES string of the molecule is C[C@@H]1CC[C@@H](C)N(C(=O)N[C@@H](C)c2nc(C(C)(C)C)cs2)C1. The zero-order valence-corrected chi connectivity index (χ0v) is 15.5. The van der Waals surface area contributed by atoms with Crippen molar-refractivity contribution in [3.63, 3.8) is 0 Å². The summed E-state index contributed by atoms with van der Waals surface area (Å²) < 4.78 is 0. The van der Waals surface area contributed by atoms with E-state index in [0.29, 0.717) is 12.0 Å². The van der Waals surface area contributed by atoms with Crippen LogP contribution in [0.1, 0.15) is 71.1 Å². The van der Waals surface area contributed by atoms with Gasteiger partial charge >= 0.3 is 6.03 Å². The summed E-state index contributed by atoms with van der Waals surface area (Å²) >= 11 is 1.63. The van der Waals surface area contributed by atoms with E-state index in [-0.39, 0.29) is 17.5 Å². The minimum atomic E-state index is -0.0435. The number of piperidine rings is 1. The summed E-state index contributed by atoms with van der Waals surface area (Å²) in [6, 6.07) is 0.321. The van der Waals surface area contributed by atoms with Crippen molar-refractivity contribution < 1.29 is 4.79 Å². The number of amides is 2. The van der Waals surface area contributed by atoms with Crippen LogP contribution in [0.4, 0.5) is 4.79 Å². The molecule has 0 bridgehead atoms. The van der Waals surface area contributed by atoms with Crippen LogP contribution in [0.2, 0.25) is 0 Å². The molecule has 0 spiro atoms. The molecule has 4 nitrogen and oxygen atoms in total. The third-order valence-electron chi connectivity index (χ3n) is 4.38. The molecule has 0 aromatic carbocycles. The van der Waals surface area contributed by atoms with Crippen molar-refractivity contribution in [1.82, 2.24) is 15.2 Å². The van der Waals surface area contributed by atoms with Gasteiger partial charge in [-0.15, -0.1) is 11.3 Å². The van der Waals surface area contributed by atoms with Gasteiger partial charge in [0, 0.05) is 23.4 Å². The lowest BCUT2D eigenvalue weighted by Crippen LogP contribution is -2.50. The molecule has 124 valence electrons. The molecule has 0 radical (unpaired) electrons. The van der Waals surface area contributed by atoms with Crippen molar-refractivity contribution in [2.75, 3.05) is 6.54 Å². The van der Waals surface area contributed by atoms with Crippen molar-refractivity contribution in [2.45, 2.75) is 71.9 Å². The second-order valence-corrected chi connectivity index (χ2v) is 8.57. The first-order valence-electron chi connectivity index (χ1n) is 8.21. The third kappa shape index (κ3) is 4.00. The van der Waals surface area contributed by atoms with Gasteiger partial charge in [0.05, 0.1) is 11.7 Å². The van der Waals surface area contributed by atoms with Crippen LogP contribution in [0.5, 0.6) is 0 Å². The predicted molar refractivity (Wildman–Crippen MR) is 92.3 cm³/mol. The molecule has 3 atom stereocenters. The maximum absolute atomic E-state index is 12.5. The molecule has 5 heteroatoms. The number of carbonyl (C=O) groups is 1. The van der Waals surface area contributed by atoms with E-state index < -0.39 is 0 Å². The fourth-order valence-electron chi connectivity index (χ4n) is 2.73. The number of nitrogens with one attached hydrogen (secondary N) is 1. The van der Waals surface area contributed by atoms with Crippen LogP contribution in [-0.4, -0.2) is 28.5 Å². The highest BCUT2D eigenvalue weighted by atomic mass is 32.1. The highest BCUT2D eigenvalue weighted by Gasteiger charge is 2.28. The summed E-state index contributed by atoms with van der Waals surface area (Å²) in [5.74, 6) is 0.588. The average molecular weight is 324 g/mol. The van der Waals surface area contributed by atoms with Gasteiger partial charge in [-0.3, -0.25) is 0 Å². The van der Waals surface area contributed by atoms with Crippen molar-refractivity contribution in [3.8, 4) is 0 Å². The molecule has 22 heavy (non-hydrogen) atoms. The lowest BCUT2D eigenvalue weighted by Gasteiger charge is -2.37. The molecule has 1 saturated heterocycles. The Balaban J connectivity index is 2.00. The van der Waals surface area contributed by atoms with Gasteiger partial charge in [-0.25, -0.2) is 9.78 Å². The number of urea groups is 1. The summed E-state index contributed by atoms with van der Waals surface area (Å²) in [6.07, 6.45) is 2.30. The Morgan fingerprint density at radius 3 is 2.68 bits per heavy atom. The van der Waals surface area contributed by atoms with Crippen LogP contribution in [0.3, 0.4) is 0 Å². The zero-order valence-electron chi connectivity index (χ0n) is 14.6. The smallest absolute Gasteiger partial charge is 0.318 e. The van der Waals surface area contributed by atoms with E-state index in [1.807, 2.05) is 11.8 Å². The predicted octanol–water partition coefficient (Wildman–Crippen LogP) is 4.33. The van der Waals surface area contributed by atoms with Gasteiger partial charge in [0.2, 0.25) is 0 Å². The molecule has 1 N–H and O–H groups in total. The Labute approximate surface area is 138 Å². The molecule has 2 rings (SSSR count). The Hall–Kier alpha value is -1.10. The second-order valence-electron chi connectivity index (χ2n) is 7.68. The molecule has 1 aliphatic heterocycles. The first-order chi connectivity index (χ1) is 10.2. The summed E-state index contributed by atoms with van der Waals surface area (Å²) in [4.78, 5) is 19.2. The first kappa shape index (κ1) is 17.3. The Bertz CT molecular complexity index is 520. The maximum Gasteiger partial charge on any atom is 0.318 e. The fraction of sp³-hybridized carbons (Fsp3) is 0.765. The molecule has 1 aliphatic rings. The minimum absolute atomic E-state index is 0.0408. The maximum atomic E-state index is 12.5. The molecule has 0 aliphatic carbocycles. The van der Waals surface area contributed by atoms with E-state index in [1.54, 1.807) is 11.3 Å². The molecule has 1 aromatic rings. The largest absolute Gasteiger partial charge is 0.329 e. The van der Waals surface area contributed by atoms with E-state index >= 15 is 0 Å². The van der Waals surface area contributed by atoms with Gasteiger partial charge in [-0.1, -0.05) is 27.7 Å². The van der Waals surface area contributed by atoms with Crippen LogP contribution < -0.4 is 5.32 Å². The molecule has 0 saturated carbocycles. The molecular formula is C17H29N3OS. The molecule has 2 amide bonds. The molecule has 2 heterocycles. The number of thiazole rings is 1. The number of hydrogen-bond donors (Lipinski definition) is 1. The van der Waals surface area contributed by atoms with Crippen molar-refractivity contribution in [2.24, 2.45) is 5.92 Å². The Morgan fingerprint density at radius 2 is 2.09 bits per heavy atom. The van der Waals surface area contributed by atoms with Crippen molar-refractivity contribution in [3.05, 3.63) is 16.1 Å². The van der Waals surface area contributed by atoms with Gasteiger partial charge in [0.25, 0.3) is 0 Å². The van der Waals surface area contributed by atoms with Crippen LogP contribution in [0.25, 0.3) is 0 Å². The number of rotatable bonds is 2. The van der Waals surface area contributed by atoms with Gasteiger partial charge in [0.15, 0.2) is 0 Å². The second kappa shape index (κ2) is 6.57. The number of hydrogen-bond acceptors (Lipinski definition) is 3. The minimum Gasteiger partial charge on any atom is -0.329 e. The average Bonchev–Trinajstić information content (AvgIpc) is 2.91. The quantitative estimate of drug-likeness (QED) is 0.880. The molecule has 1 aromatic heterocycles.